The second-order valence-electron chi connectivity index (χ2n) is 10.00. The van der Waals surface area contributed by atoms with E-state index in [9.17, 15) is 9.59 Å². The van der Waals surface area contributed by atoms with E-state index in [1.54, 1.807) is 5.48 Å². The lowest BCUT2D eigenvalue weighted by molar-refractivity contribution is -0.129. The number of benzene rings is 2. The molecule has 2 amide bonds. The first kappa shape index (κ1) is 26.2. The number of carbonyl (C=O) groups excluding carboxylic acids is 2. The smallest absolute Gasteiger partial charge is 0.250 e. The maximum Gasteiger partial charge on any atom is 0.250 e. The monoisotopic (exact) mass is 493 g/mol. The molecule has 2 aliphatic rings. The van der Waals surface area contributed by atoms with Crippen molar-refractivity contribution in [3.05, 3.63) is 54.1 Å². The molecule has 3 N–H and O–H groups in total. The molecule has 0 spiro atoms. The second-order valence-corrected chi connectivity index (χ2v) is 10.00. The van der Waals surface area contributed by atoms with Crippen LogP contribution in [0, 0.1) is 0 Å². The standard InChI is InChI=1S/C29H39N3O4/c33-28(31-35)16-3-1-2-10-23(21-36-27-15-8-11-22-9-4-7-14-26(22)27)29(34)30-24-17-19-32(20-18-24)25-12-5-6-13-25/h4,7-11,14-15,24-25,35H,1-3,5-6,12-13,16-21H2,(H,30,34)(H,31,33). The van der Waals surface area contributed by atoms with E-state index in [0.717, 1.165) is 54.9 Å². The number of nitrogens with one attached hydrogen (secondary N) is 2. The van der Waals surface area contributed by atoms with Crippen LogP contribution in [0.3, 0.4) is 0 Å². The lowest BCUT2D eigenvalue weighted by Gasteiger charge is -2.36. The summed E-state index contributed by atoms with van der Waals surface area (Å²) in [6.07, 6.45) is 11.5. The minimum absolute atomic E-state index is 0.0670. The van der Waals surface area contributed by atoms with E-state index in [0.29, 0.717) is 18.4 Å². The minimum Gasteiger partial charge on any atom is -0.488 e. The fraction of sp³-hybridized carbons (Fsp3) is 0.517. The number of rotatable bonds is 11. The van der Waals surface area contributed by atoms with Crippen LogP contribution >= 0.6 is 0 Å². The number of ether oxygens (including phenoxy) is 1. The van der Waals surface area contributed by atoms with E-state index < -0.39 is 0 Å². The van der Waals surface area contributed by atoms with Gasteiger partial charge in [-0.2, -0.15) is 0 Å². The summed E-state index contributed by atoms with van der Waals surface area (Å²) in [5, 5.41) is 14.0. The number of nitrogens with zero attached hydrogens (tertiary/aromatic N) is 1. The molecular weight excluding hydrogens is 454 g/mol. The summed E-state index contributed by atoms with van der Waals surface area (Å²) >= 11 is 0. The Kier molecular flexibility index (Phi) is 9.76. The Labute approximate surface area is 213 Å². The van der Waals surface area contributed by atoms with Gasteiger partial charge in [0.05, 0.1) is 5.57 Å². The van der Waals surface area contributed by atoms with Gasteiger partial charge < -0.3 is 15.0 Å². The van der Waals surface area contributed by atoms with Gasteiger partial charge in [0.2, 0.25) is 5.91 Å². The predicted octanol–water partition coefficient (Wildman–Crippen LogP) is 4.73. The summed E-state index contributed by atoms with van der Waals surface area (Å²) in [4.78, 5) is 27.1. The van der Waals surface area contributed by atoms with Crippen LogP contribution in [0.25, 0.3) is 10.8 Å². The third-order valence-corrected chi connectivity index (χ3v) is 7.50. The molecule has 0 unspecified atom stereocenters. The molecule has 0 atom stereocenters. The SMILES string of the molecule is O=C(CCCCC=C(COc1cccc2ccccc12)C(=O)NC1CCN(C2CCCC2)CC1)NO. The fourth-order valence-electron chi connectivity index (χ4n) is 5.41. The number of likely N-dealkylation sites (tertiary alicyclic amines) is 1. The number of carbonyl (C=O) groups is 2. The summed E-state index contributed by atoms with van der Waals surface area (Å²) < 4.78 is 6.15. The van der Waals surface area contributed by atoms with Gasteiger partial charge in [-0.3, -0.25) is 14.8 Å². The summed E-state index contributed by atoms with van der Waals surface area (Å²) in [5.74, 6) is 0.305. The predicted molar refractivity (Wildman–Crippen MR) is 141 cm³/mol. The molecular formula is C29H39N3O4. The lowest BCUT2D eigenvalue weighted by Crippen LogP contribution is -2.47. The van der Waals surface area contributed by atoms with Gasteiger partial charge in [0.15, 0.2) is 0 Å². The van der Waals surface area contributed by atoms with Crippen LogP contribution in [-0.4, -0.2) is 53.7 Å². The molecule has 2 fully saturated rings. The molecule has 2 aromatic carbocycles. The van der Waals surface area contributed by atoms with Crippen molar-refractivity contribution in [1.82, 2.24) is 15.7 Å². The third kappa shape index (κ3) is 7.31. The van der Waals surface area contributed by atoms with Crippen LogP contribution in [0.4, 0.5) is 0 Å². The van der Waals surface area contributed by atoms with Crippen molar-refractivity contribution in [3.63, 3.8) is 0 Å². The molecule has 2 aromatic rings. The summed E-state index contributed by atoms with van der Waals surface area (Å²) in [6.45, 7) is 2.29. The molecule has 0 radical (unpaired) electrons. The van der Waals surface area contributed by atoms with E-state index in [4.69, 9.17) is 9.94 Å². The molecule has 1 aliphatic heterocycles. The number of unbranched alkanes of at least 4 members (excludes halogenated alkanes) is 2. The van der Waals surface area contributed by atoms with Crippen molar-refractivity contribution in [1.29, 1.82) is 0 Å². The van der Waals surface area contributed by atoms with Crippen LogP contribution < -0.4 is 15.5 Å². The quantitative estimate of drug-likeness (QED) is 0.182. The van der Waals surface area contributed by atoms with Crippen LogP contribution in [0.5, 0.6) is 5.75 Å². The van der Waals surface area contributed by atoms with Gasteiger partial charge >= 0.3 is 0 Å². The third-order valence-electron chi connectivity index (χ3n) is 7.50. The number of allylic oxidation sites excluding steroid dienone is 1. The van der Waals surface area contributed by atoms with Crippen LogP contribution in [0.1, 0.15) is 64.2 Å². The van der Waals surface area contributed by atoms with E-state index >= 15 is 0 Å². The van der Waals surface area contributed by atoms with E-state index in [1.165, 1.54) is 25.7 Å². The zero-order chi connectivity index (χ0) is 25.2. The molecule has 7 nitrogen and oxygen atoms in total. The van der Waals surface area contributed by atoms with E-state index in [2.05, 4.69) is 10.2 Å². The summed E-state index contributed by atoms with van der Waals surface area (Å²) in [5.41, 5.74) is 2.28. The summed E-state index contributed by atoms with van der Waals surface area (Å²) in [7, 11) is 0. The van der Waals surface area contributed by atoms with Gasteiger partial charge in [0.1, 0.15) is 12.4 Å². The Balaban J connectivity index is 1.35. The van der Waals surface area contributed by atoms with E-state index in [-0.39, 0.29) is 30.9 Å². The molecule has 0 bridgehead atoms. The highest BCUT2D eigenvalue weighted by Crippen LogP contribution is 2.27. The van der Waals surface area contributed by atoms with Crippen LogP contribution in [0.2, 0.25) is 0 Å². The van der Waals surface area contributed by atoms with Crippen molar-refractivity contribution in [3.8, 4) is 5.75 Å². The molecule has 1 saturated carbocycles. The lowest BCUT2D eigenvalue weighted by atomic mass is 10.0. The second kappa shape index (κ2) is 13.4. The normalized spacial score (nSPS) is 17.9. The van der Waals surface area contributed by atoms with Gasteiger partial charge in [-0.1, -0.05) is 55.3 Å². The average Bonchev–Trinajstić information content (AvgIpc) is 3.45. The average molecular weight is 494 g/mol. The molecule has 36 heavy (non-hydrogen) atoms. The highest BCUT2D eigenvalue weighted by Gasteiger charge is 2.28. The van der Waals surface area contributed by atoms with Crippen molar-refractivity contribution >= 4 is 22.6 Å². The Morgan fingerprint density at radius 1 is 1.00 bits per heavy atom. The van der Waals surface area contributed by atoms with Crippen molar-refractivity contribution in [2.45, 2.75) is 76.3 Å². The molecule has 4 rings (SSSR count). The van der Waals surface area contributed by atoms with Gasteiger partial charge in [0.25, 0.3) is 5.91 Å². The number of hydrogen-bond acceptors (Lipinski definition) is 5. The van der Waals surface area contributed by atoms with Gasteiger partial charge in [-0.15, -0.1) is 0 Å². The zero-order valence-corrected chi connectivity index (χ0v) is 21.1. The zero-order valence-electron chi connectivity index (χ0n) is 21.1. The highest BCUT2D eigenvalue weighted by molar-refractivity contribution is 5.94. The van der Waals surface area contributed by atoms with Crippen molar-refractivity contribution in [2.24, 2.45) is 0 Å². The van der Waals surface area contributed by atoms with Crippen LogP contribution in [0.15, 0.2) is 54.1 Å². The number of piperidine rings is 1. The van der Waals surface area contributed by atoms with E-state index in [1.807, 2.05) is 48.5 Å². The number of hydrogen-bond donors (Lipinski definition) is 3. The summed E-state index contributed by atoms with van der Waals surface area (Å²) in [6, 6.07) is 14.9. The molecule has 7 heteroatoms. The first-order chi connectivity index (χ1) is 17.6. The Bertz CT molecular complexity index is 1030. The minimum atomic E-state index is -0.389. The first-order valence-electron chi connectivity index (χ1n) is 13.4. The molecule has 1 aliphatic carbocycles. The molecule has 194 valence electrons. The fourth-order valence-corrected chi connectivity index (χ4v) is 5.41. The number of amides is 2. The largest absolute Gasteiger partial charge is 0.488 e. The Hall–Kier alpha value is -2.90. The molecule has 0 aromatic heterocycles. The first-order valence-corrected chi connectivity index (χ1v) is 13.4. The van der Waals surface area contributed by atoms with Crippen molar-refractivity contribution < 1.29 is 19.5 Å². The number of fused-ring (bicyclic) bond motifs is 1. The Morgan fingerprint density at radius 3 is 2.53 bits per heavy atom. The molecule has 1 saturated heterocycles. The molecule has 1 heterocycles. The van der Waals surface area contributed by atoms with Gasteiger partial charge in [0, 0.05) is 37.0 Å². The van der Waals surface area contributed by atoms with Crippen molar-refractivity contribution in [2.75, 3.05) is 19.7 Å². The van der Waals surface area contributed by atoms with Gasteiger partial charge in [-0.05, 0) is 56.4 Å². The van der Waals surface area contributed by atoms with Gasteiger partial charge in [-0.25, -0.2) is 5.48 Å². The van der Waals surface area contributed by atoms with Crippen LogP contribution in [-0.2, 0) is 9.59 Å². The topological polar surface area (TPSA) is 90.9 Å². The maximum absolute atomic E-state index is 13.3. The maximum atomic E-state index is 13.3. The highest BCUT2D eigenvalue weighted by atomic mass is 16.5. The Morgan fingerprint density at radius 2 is 1.75 bits per heavy atom. The number of hydroxylamine groups is 1.